The second-order valence-corrected chi connectivity index (χ2v) is 5.50. The maximum atomic E-state index is 5.20. The lowest BCUT2D eigenvalue weighted by Crippen LogP contribution is -2.02. The standard InChI is InChI=1S/C18H16N6O/c1-12-16-17(21-18(19-12)20-13-6-4-3-5-7-13)24(23-22-16)14-8-10-15(25-2)11-9-14/h3-11H,1-2H3,(H,19,20,21). The molecule has 0 aliphatic rings. The van der Waals surface area contributed by atoms with Crippen LogP contribution in [-0.4, -0.2) is 32.1 Å². The van der Waals surface area contributed by atoms with Gasteiger partial charge in [-0.3, -0.25) is 0 Å². The third-order valence-corrected chi connectivity index (χ3v) is 3.82. The summed E-state index contributed by atoms with van der Waals surface area (Å²) in [6.07, 6.45) is 0. The van der Waals surface area contributed by atoms with Crippen molar-refractivity contribution in [1.82, 2.24) is 25.0 Å². The highest BCUT2D eigenvalue weighted by Gasteiger charge is 2.13. The molecule has 7 heteroatoms. The number of hydrogen-bond donors (Lipinski definition) is 1. The summed E-state index contributed by atoms with van der Waals surface area (Å²) in [5.74, 6) is 1.29. The maximum absolute atomic E-state index is 5.20. The Balaban J connectivity index is 1.78. The minimum atomic E-state index is 0.508. The van der Waals surface area contributed by atoms with Gasteiger partial charge in [0.15, 0.2) is 11.2 Å². The van der Waals surface area contributed by atoms with Gasteiger partial charge in [0.25, 0.3) is 0 Å². The molecule has 0 saturated heterocycles. The first-order valence-corrected chi connectivity index (χ1v) is 7.81. The van der Waals surface area contributed by atoms with Gasteiger partial charge in [-0.2, -0.15) is 9.67 Å². The van der Waals surface area contributed by atoms with Crippen LogP contribution in [-0.2, 0) is 0 Å². The van der Waals surface area contributed by atoms with Crippen LogP contribution in [0.5, 0.6) is 5.75 Å². The van der Waals surface area contributed by atoms with Crippen LogP contribution in [0.2, 0.25) is 0 Å². The number of fused-ring (bicyclic) bond motifs is 1. The summed E-state index contributed by atoms with van der Waals surface area (Å²) in [5, 5.41) is 11.7. The van der Waals surface area contributed by atoms with Gasteiger partial charge in [-0.15, -0.1) is 5.10 Å². The number of benzene rings is 2. The van der Waals surface area contributed by atoms with Crippen LogP contribution in [0.3, 0.4) is 0 Å². The predicted octanol–water partition coefficient (Wildman–Crippen LogP) is 3.27. The highest BCUT2D eigenvalue weighted by molar-refractivity contribution is 5.76. The molecule has 2 heterocycles. The van der Waals surface area contributed by atoms with Crippen molar-refractivity contribution < 1.29 is 4.74 Å². The van der Waals surface area contributed by atoms with Gasteiger partial charge in [0.2, 0.25) is 5.95 Å². The summed E-state index contributed by atoms with van der Waals surface area (Å²) in [6.45, 7) is 1.90. The molecule has 0 fully saturated rings. The smallest absolute Gasteiger partial charge is 0.229 e. The van der Waals surface area contributed by atoms with E-state index in [1.54, 1.807) is 11.8 Å². The average molecular weight is 332 g/mol. The van der Waals surface area contributed by atoms with E-state index in [4.69, 9.17) is 4.74 Å². The van der Waals surface area contributed by atoms with E-state index in [0.717, 1.165) is 22.8 Å². The Morgan fingerprint density at radius 3 is 2.44 bits per heavy atom. The highest BCUT2D eigenvalue weighted by Crippen LogP contribution is 2.21. The maximum Gasteiger partial charge on any atom is 0.229 e. The summed E-state index contributed by atoms with van der Waals surface area (Å²) >= 11 is 0. The molecule has 25 heavy (non-hydrogen) atoms. The quantitative estimate of drug-likeness (QED) is 0.618. The third-order valence-electron chi connectivity index (χ3n) is 3.82. The van der Waals surface area contributed by atoms with Gasteiger partial charge in [0, 0.05) is 5.69 Å². The van der Waals surface area contributed by atoms with Crippen LogP contribution in [0.1, 0.15) is 5.69 Å². The molecule has 7 nitrogen and oxygen atoms in total. The molecule has 0 radical (unpaired) electrons. The summed E-state index contributed by atoms with van der Waals surface area (Å²) in [6, 6.07) is 17.4. The molecular weight excluding hydrogens is 316 g/mol. The summed E-state index contributed by atoms with van der Waals surface area (Å²) < 4.78 is 6.89. The molecule has 1 N–H and O–H groups in total. The topological polar surface area (TPSA) is 77.8 Å². The zero-order valence-corrected chi connectivity index (χ0v) is 13.8. The molecule has 0 spiro atoms. The molecule has 4 rings (SSSR count). The number of hydrogen-bond acceptors (Lipinski definition) is 6. The van der Waals surface area contributed by atoms with Crippen LogP contribution in [0.4, 0.5) is 11.6 Å². The van der Waals surface area contributed by atoms with Gasteiger partial charge in [0.1, 0.15) is 5.75 Å². The molecule has 124 valence electrons. The van der Waals surface area contributed by atoms with E-state index in [9.17, 15) is 0 Å². The van der Waals surface area contributed by atoms with E-state index < -0.39 is 0 Å². The molecular formula is C18H16N6O. The SMILES string of the molecule is COc1ccc(-n2nnc3c(C)nc(Nc4ccccc4)nc32)cc1. The number of aromatic nitrogens is 5. The minimum absolute atomic E-state index is 0.508. The molecule has 2 aromatic heterocycles. The molecule has 4 aromatic rings. The molecule has 0 amide bonds. The van der Waals surface area contributed by atoms with Crippen molar-refractivity contribution in [2.45, 2.75) is 6.92 Å². The van der Waals surface area contributed by atoms with E-state index >= 15 is 0 Å². The van der Waals surface area contributed by atoms with Crippen molar-refractivity contribution in [3.8, 4) is 11.4 Å². The lowest BCUT2D eigenvalue weighted by atomic mass is 10.3. The molecule has 0 atom stereocenters. The number of ether oxygens (including phenoxy) is 1. The van der Waals surface area contributed by atoms with Crippen molar-refractivity contribution in [3.63, 3.8) is 0 Å². The number of methoxy groups -OCH3 is 1. The summed E-state index contributed by atoms with van der Waals surface area (Å²) in [5.41, 5.74) is 3.87. The Kier molecular flexibility index (Phi) is 3.74. The van der Waals surface area contributed by atoms with Crippen molar-refractivity contribution in [2.24, 2.45) is 0 Å². The molecule has 0 aliphatic carbocycles. The third kappa shape index (κ3) is 2.87. The molecule has 0 saturated carbocycles. The molecule has 2 aromatic carbocycles. The summed E-state index contributed by atoms with van der Waals surface area (Å²) in [4.78, 5) is 9.07. The largest absolute Gasteiger partial charge is 0.497 e. The molecule has 0 unspecified atom stereocenters. The van der Waals surface area contributed by atoms with E-state index in [0.29, 0.717) is 17.1 Å². The minimum Gasteiger partial charge on any atom is -0.497 e. The Labute approximate surface area is 144 Å². The fraction of sp³-hybridized carbons (Fsp3) is 0.111. The zero-order valence-electron chi connectivity index (χ0n) is 13.8. The van der Waals surface area contributed by atoms with Crippen LogP contribution in [0, 0.1) is 6.92 Å². The van der Waals surface area contributed by atoms with Gasteiger partial charge in [-0.25, -0.2) is 4.98 Å². The van der Waals surface area contributed by atoms with E-state index in [1.165, 1.54) is 0 Å². The first-order valence-electron chi connectivity index (χ1n) is 7.81. The number of aryl methyl sites for hydroxylation is 1. The number of nitrogens with one attached hydrogen (secondary N) is 1. The Hall–Kier alpha value is -3.48. The number of rotatable bonds is 4. The lowest BCUT2D eigenvalue weighted by Gasteiger charge is -2.07. The van der Waals surface area contributed by atoms with Crippen molar-refractivity contribution in [1.29, 1.82) is 0 Å². The van der Waals surface area contributed by atoms with E-state index in [1.807, 2.05) is 61.5 Å². The normalized spacial score (nSPS) is 10.8. The predicted molar refractivity (Wildman–Crippen MR) is 95.5 cm³/mol. The number of para-hydroxylation sites is 1. The van der Waals surface area contributed by atoms with E-state index in [2.05, 4.69) is 25.6 Å². The van der Waals surface area contributed by atoms with Crippen LogP contribution >= 0.6 is 0 Å². The van der Waals surface area contributed by atoms with Crippen molar-refractivity contribution in [3.05, 3.63) is 60.3 Å². The Morgan fingerprint density at radius 1 is 0.960 bits per heavy atom. The summed E-state index contributed by atoms with van der Waals surface area (Å²) in [7, 11) is 1.64. The highest BCUT2D eigenvalue weighted by atomic mass is 16.5. The van der Waals surface area contributed by atoms with Crippen LogP contribution in [0.15, 0.2) is 54.6 Å². The monoisotopic (exact) mass is 332 g/mol. The first-order chi connectivity index (χ1) is 12.2. The Bertz CT molecular complexity index is 1010. The van der Waals surface area contributed by atoms with Gasteiger partial charge < -0.3 is 10.1 Å². The van der Waals surface area contributed by atoms with E-state index in [-0.39, 0.29) is 0 Å². The first kappa shape index (κ1) is 15.1. The van der Waals surface area contributed by atoms with Gasteiger partial charge in [-0.05, 0) is 43.3 Å². The van der Waals surface area contributed by atoms with Crippen molar-refractivity contribution in [2.75, 3.05) is 12.4 Å². The Morgan fingerprint density at radius 2 is 1.72 bits per heavy atom. The lowest BCUT2D eigenvalue weighted by molar-refractivity contribution is 0.414. The van der Waals surface area contributed by atoms with Crippen molar-refractivity contribution >= 4 is 22.8 Å². The van der Waals surface area contributed by atoms with Crippen LogP contribution in [0.25, 0.3) is 16.9 Å². The average Bonchev–Trinajstić information content (AvgIpc) is 3.07. The fourth-order valence-corrected chi connectivity index (χ4v) is 2.55. The van der Waals surface area contributed by atoms with Gasteiger partial charge in [0.05, 0.1) is 18.5 Å². The number of anilines is 2. The number of nitrogens with zero attached hydrogens (tertiary/aromatic N) is 5. The zero-order chi connectivity index (χ0) is 17.2. The fourth-order valence-electron chi connectivity index (χ4n) is 2.55. The second kappa shape index (κ2) is 6.20. The van der Waals surface area contributed by atoms with Crippen LogP contribution < -0.4 is 10.1 Å². The van der Waals surface area contributed by atoms with Gasteiger partial charge >= 0.3 is 0 Å². The molecule has 0 bridgehead atoms. The van der Waals surface area contributed by atoms with Gasteiger partial charge in [-0.1, -0.05) is 23.4 Å². The second-order valence-electron chi connectivity index (χ2n) is 5.50. The molecule has 0 aliphatic heterocycles.